The Morgan fingerprint density at radius 2 is 1.74 bits per heavy atom. The normalized spacial score (nSPS) is 27.4. The van der Waals surface area contributed by atoms with Crippen LogP contribution in [0.15, 0.2) is 66.9 Å². The zero-order valence-electron chi connectivity index (χ0n) is 20.9. The minimum atomic E-state index is -0.340. The SMILES string of the molecule is O=C(Nc1ccccn1)c1ccc2nc(-c3ccc(NC(=O)C45CC6CC(C4)C(O)C(C6)C5)cc3)[nH]c2c1. The molecule has 192 valence electrons. The van der Waals surface area contributed by atoms with Crippen molar-refractivity contribution < 1.29 is 14.7 Å². The predicted molar refractivity (Wildman–Crippen MR) is 144 cm³/mol. The molecule has 2 unspecified atom stereocenters. The predicted octanol–water partition coefficient (Wildman–Crippen LogP) is 5.00. The van der Waals surface area contributed by atoms with Gasteiger partial charge in [0.05, 0.1) is 22.6 Å². The van der Waals surface area contributed by atoms with E-state index in [9.17, 15) is 14.7 Å². The maximum absolute atomic E-state index is 13.4. The van der Waals surface area contributed by atoms with E-state index in [1.54, 1.807) is 30.5 Å². The first-order chi connectivity index (χ1) is 18.5. The molecule has 8 nitrogen and oxygen atoms in total. The molecule has 4 fully saturated rings. The molecule has 2 aromatic carbocycles. The second-order valence-corrected chi connectivity index (χ2v) is 11.3. The number of H-pyrrole nitrogens is 1. The molecule has 2 atom stereocenters. The van der Waals surface area contributed by atoms with E-state index in [1.165, 1.54) is 0 Å². The van der Waals surface area contributed by atoms with Crippen molar-refractivity contribution in [2.24, 2.45) is 23.2 Å². The number of aromatic amines is 1. The Balaban J connectivity index is 1.06. The first kappa shape index (κ1) is 23.1. The molecule has 4 bridgehead atoms. The average Bonchev–Trinajstić information content (AvgIpc) is 3.36. The molecule has 4 aliphatic carbocycles. The maximum atomic E-state index is 13.4. The van der Waals surface area contributed by atoms with Crippen LogP contribution in [-0.4, -0.2) is 38.0 Å². The lowest BCUT2D eigenvalue weighted by Gasteiger charge is -2.57. The van der Waals surface area contributed by atoms with Crippen LogP contribution in [0.4, 0.5) is 11.5 Å². The Morgan fingerprint density at radius 1 is 0.947 bits per heavy atom. The highest BCUT2D eigenvalue weighted by Gasteiger charge is 2.58. The highest BCUT2D eigenvalue weighted by Crippen LogP contribution is 2.60. The van der Waals surface area contributed by atoms with Gasteiger partial charge in [0.15, 0.2) is 0 Å². The molecule has 4 N–H and O–H groups in total. The van der Waals surface area contributed by atoms with Gasteiger partial charge in [0, 0.05) is 23.0 Å². The minimum Gasteiger partial charge on any atom is -0.393 e. The van der Waals surface area contributed by atoms with Crippen LogP contribution < -0.4 is 10.6 Å². The number of nitrogens with one attached hydrogen (secondary N) is 3. The van der Waals surface area contributed by atoms with Crippen molar-refractivity contribution in [1.29, 1.82) is 0 Å². The monoisotopic (exact) mass is 507 g/mol. The number of amides is 2. The van der Waals surface area contributed by atoms with Crippen LogP contribution in [0.1, 0.15) is 42.5 Å². The molecule has 2 aromatic heterocycles. The number of fused-ring (bicyclic) bond motifs is 1. The van der Waals surface area contributed by atoms with Crippen molar-refractivity contribution in [3.05, 3.63) is 72.4 Å². The van der Waals surface area contributed by atoms with Gasteiger partial charge in [0.1, 0.15) is 11.6 Å². The number of aliphatic hydroxyl groups is 1. The Labute approximate surface area is 219 Å². The third-order valence-electron chi connectivity index (χ3n) is 8.77. The Hall–Kier alpha value is -4.04. The van der Waals surface area contributed by atoms with Gasteiger partial charge in [0.25, 0.3) is 5.91 Å². The van der Waals surface area contributed by atoms with Crippen LogP contribution in [-0.2, 0) is 4.79 Å². The summed E-state index contributed by atoms with van der Waals surface area (Å²) < 4.78 is 0. The highest BCUT2D eigenvalue weighted by molar-refractivity contribution is 6.05. The number of carbonyl (C=O) groups is 2. The number of anilines is 2. The van der Waals surface area contributed by atoms with Crippen LogP contribution in [0.3, 0.4) is 0 Å². The van der Waals surface area contributed by atoms with Gasteiger partial charge in [-0.1, -0.05) is 6.07 Å². The Kier molecular flexibility index (Phi) is 5.33. The van der Waals surface area contributed by atoms with Crippen LogP contribution in [0.25, 0.3) is 22.4 Å². The number of rotatable bonds is 5. The van der Waals surface area contributed by atoms with Crippen molar-refractivity contribution in [3.8, 4) is 11.4 Å². The second-order valence-electron chi connectivity index (χ2n) is 11.3. The summed E-state index contributed by atoms with van der Waals surface area (Å²) in [5, 5.41) is 16.5. The van der Waals surface area contributed by atoms with Gasteiger partial charge in [-0.25, -0.2) is 9.97 Å². The van der Waals surface area contributed by atoms with E-state index in [2.05, 4.69) is 25.6 Å². The largest absolute Gasteiger partial charge is 0.393 e. The van der Waals surface area contributed by atoms with Crippen LogP contribution in [0.5, 0.6) is 0 Å². The van der Waals surface area contributed by atoms with E-state index in [1.807, 2.05) is 36.4 Å². The Bertz CT molecular complexity index is 1510. The average molecular weight is 508 g/mol. The number of benzene rings is 2. The number of aliphatic hydroxyl groups excluding tert-OH is 1. The summed E-state index contributed by atoms with van der Waals surface area (Å²) in [5.41, 5.74) is 3.34. The van der Waals surface area contributed by atoms with Crippen molar-refractivity contribution in [1.82, 2.24) is 15.0 Å². The van der Waals surface area contributed by atoms with Gasteiger partial charge in [-0.2, -0.15) is 0 Å². The van der Waals surface area contributed by atoms with E-state index in [-0.39, 0.29) is 35.2 Å². The number of nitrogens with zero attached hydrogens (tertiary/aromatic N) is 2. The molecule has 0 saturated heterocycles. The van der Waals surface area contributed by atoms with E-state index >= 15 is 0 Å². The van der Waals surface area contributed by atoms with Gasteiger partial charge in [0.2, 0.25) is 5.91 Å². The highest BCUT2D eigenvalue weighted by atomic mass is 16.3. The minimum absolute atomic E-state index is 0.0943. The summed E-state index contributed by atoms with van der Waals surface area (Å²) in [4.78, 5) is 38.2. The summed E-state index contributed by atoms with van der Waals surface area (Å²) in [6.45, 7) is 0. The number of hydrogen-bond acceptors (Lipinski definition) is 5. The first-order valence-corrected chi connectivity index (χ1v) is 13.3. The molecule has 8 heteroatoms. The lowest BCUT2D eigenvalue weighted by molar-refractivity contribution is -0.158. The van der Waals surface area contributed by atoms with Crippen molar-refractivity contribution in [2.45, 2.75) is 38.2 Å². The zero-order chi connectivity index (χ0) is 25.9. The van der Waals surface area contributed by atoms with Crippen LogP contribution in [0.2, 0.25) is 0 Å². The molecule has 4 aromatic rings. The Morgan fingerprint density at radius 3 is 2.47 bits per heavy atom. The summed E-state index contributed by atoms with van der Waals surface area (Å²) in [6, 6.07) is 18.4. The molecular formula is C30H29N5O3. The number of hydrogen-bond donors (Lipinski definition) is 4. The van der Waals surface area contributed by atoms with E-state index in [0.717, 1.165) is 54.4 Å². The lowest BCUT2D eigenvalue weighted by atomic mass is 9.48. The smallest absolute Gasteiger partial charge is 0.256 e. The molecule has 38 heavy (non-hydrogen) atoms. The molecule has 8 rings (SSSR count). The maximum Gasteiger partial charge on any atom is 0.256 e. The van der Waals surface area contributed by atoms with Crippen molar-refractivity contribution in [3.63, 3.8) is 0 Å². The molecule has 0 spiro atoms. The second kappa shape index (κ2) is 8.77. The summed E-state index contributed by atoms with van der Waals surface area (Å²) >= 11 is 0. The quantitative estimate of drug-likeness (QED) is 0.303. The van der Waals surface area contributed by atoms with Gasteiger partial charge in [-0.15, -0.1) is 0 Å². The fraction of sp³-hybridized carbons (Fsp3) is 0.333. The number of aromatic nitrogens is 3. The van der Waals surface area contributed by atoms with Gasteiger partial charge >= 0.3 is 0 Å². The van der Waals surface area contributed by atoms with Gasteiger partial charge < -0.3 is 20.7 Å². The first-order valence-electron chi connectivity index (χ1n) is 13.3. The van der Waals surface area contributed by atoms with Crippen LogP contribution >= 0.6 is 0 Å². The molecule has 2 heterocycles. The van der Waals surface area contributed by atoms with Gasteiger partial charge in [-0.3, -0.25) is 9.59 Å². The molecule has 0 aliphatic heterocycles. The molecule has 0 radical (unpaired) electrons. The lowest BCUT2D eigenvalue weighted by Crippen LogP contribution is -2.57. The van der Waals surface area contributed by atoms with Crippen molar-refractivity contribution >= 4 is 34.4 Å². The molecular weight excluding hydrogens is 478 g/mol. The van der Waals surface area contributed by atoms with E-state index in [0.29, 0.717) is 23.1 Å². The molecule has 2 amide bonds. The number of carbonyl (C=O) groups excluding carboxylic acids is 2. The summed E-state index contributed by atoms with van der Waals surface area (Å²) in [6.07, 6.45) is 6.06. The topological polar surface area (TPSA) is 120 Å². The fourth-order valence-electron chi connectivity index (χ4n) is 7.16. The van der Waals surface area contributed by atoms with Gasteiger partial charge in [-0.05, 0) is 104 Å². The standard InChI is InChI=1S/C30H29N5O3/c36-26-20-11-17-12-21(26)16-30(14-17,15-20)29(38)32-22-7-4-18(5-8-22)27-33-23-9-6-19(13-24(23)34-27)28(37)35-25-3-1-2-10-31-25/h1-10,13,17,20-21,26,36H,11-12,14-16H2,(H,32,38)(H,33,34)(H,31,35,37). The number of pyridine rings is 1. The summed E-state index contributed by atoms with van der Waals surface area (Å²) in [7, 11) is 0. The third-order valence-corrected chi connectivity index (χ3v) is 8.77. The number of imidazole rings is 1. The van der Waals surface area contributed by atoms with Crippen LogP contribution in [0, 0.1) is 23.2 Å². The van der Waals surface area contributed by atoms with Crippen molar-refractivity contribution in [2.75, 3.05) is 10.6 Å². The zero-order valence-corrected chi connectivity index (χ0v) is 20.9. The summed E-state index contributed by atoms with van der Waals surface area (Å²) in [5.74, 6) is 2.14. The molecule has 4 saturated carbocycles. The fourth-order valence-corrected chi connectivity index (χ4v) is 7.16. The molecule has 4 aliphatic rings. The third kappa shape index (κ3) is 3.96. The van der Waals surface area contributed by atoms with E-state index < -0.39 is 0 Å². The van der Waals surface area contributed by atoms with E-state index in [4.69, 9.17) is 0 Å².